The van der Waals surface area contributed by atoms with E-state index in [4.69, 9.17) is 4.74 Å². The van der Waals surface area contributed by atoms with E-state index < -0.39 is 15.8 Å². The van der Waals surface area contributed by atoms with E-state index >= 15 is 0 Å². The summed E-state index contributed by atoms with van der Waals surface area (Å²) in [4.78, 5) is 13.9. The zero-order valence-corrected chi connectivity index (χ0v) is 16.3. The van der Waals surface area contributed by atoms with Gasteiger partial charge in [0.2, 0.25) is 15.9 Å². The number of rotatable bonds is 6. The molecular weight excluding hydrogens is 366 g/mol. The summed E-state index contributed by atoms with van der Waals surface area (Å²) in [5, 5.41) is 3.17. The van der Waals surface area contributed by atoms with E-state index in [2.05, 4.69) is 10.0 Å². The largest absolute Gasteiger partial charge is 0.491 e. The third-order valence-corrected chi connectivity index (χ3v) is 4.81. The van der Waals surface area contributed by atoms with Crippen LogP contribution in [0.25, 0.3) is 0 Å². The van der Waals surface area contributed by atoms with Crippen LogP contribution in [0.5, 0.6) is 5.75 Å². The summed E-state index contributed by atoms with van der Waals surface area (Å²) in [5.74, 6) is -0.267. The second-order valence-electron chi connectivity index (χ2n) is 6.19. The Bertz CT molecular complexity index is 664. The molecule has 1 heterocycles. The molecule has 1 aliphatic heterocycles. The van der Waals surface area contributed by atoms with Gasteiger partial charge in [0.25, 0.3) is 0 Å². The second kappa shape index (κ2) is 9.26. The molecule has 1 atom stereocenters. The lowest BCUT2D eigenvalue weighted by Crippen LogP contribution is -2.53. The SMILES string of the molecule is CC(C)Oc1ccc(NS(=O)(=O)CC(=O)N2CCNC[C@H]2C)cc1.Cl. The number of carbonyl (C=O) groups is 1. The number of anilines is 1. The van der Waals surface area contributed by atoms with Crippen LogP contribution in [-0.4, -0.2) is 56.8 Å². The molecule has 0 spiro atoms. The number of amides is 1. The minimum absolute atomic E-state index is 0. The molecule has 1 saturated heterocycles. The zero-order valence-electron chi connectivity index (χ0n) is 14.7. The summed E-state index contributed by atoms with van der Waals surface area (Å²) in [6, 6.07) is 6.62. The van der Waals surface area contributed by atoms with Gasteiger partial charge in [0, 0.05) is 31.4 Å². The molecule has 9 heteroatoms. The fourth-order valence-corrected chi connectivity index (χ4v) is 3.60. The summed E-state index contributed by atoms with van der Waals surface area (Å²) in [5.41, 5.74) is 0.410. The standard InChI is InChI=1S/C16H25N3O4S.ClH/c1-12(2)23-15-6-4-14(5-7-15)18-24(21,22)11-16(20)19-9-8-17-10-13(19)3;/h4-7,12-13,17-18H,8-11H2,1-3H3;1H/t13-;/m1./s1. The molecule has 2 N–H and O–H groups in total. The van der Waals surface area contributed by atoms with Gasteiger partial charge >= 0.3 is 0 Å². The van der Waals surface area contributed by atoms with Crippen molar-refractivity contribution >= 4 is 34.0 Å². The first kappa shape index (κ1) is 21.5. The molecule has 0 aliphatic carbocycles. The van der Waals surface area contributed by atoms with Crippen LogP contribution in [0.2, 0.25) is 0 Å². The monoisotopic (exact) mass is 391 g/mol. The highest BCUT2D eigenvalue weighted by Gasteiger charge is 2.27. The van der Waals surface area contributed by atoms with E-state index in [-0.39, 0.29) is 30.5 Å². The Hall–Kier alpha value is -1.51. The van der Waals surface area contributed by atoms with E-state index in [0.29, 0.717) is 31.1 Å². The van der Waals surface area contributed by atoms with Crippen LogP contribution in [0.4, 0.5) is 5.69 Å². The van der Waals surface area contributed by atoms with Crippen LogP contribution in [0.15, 0.2) is 24.3 Å². The Morgan fingerprint density at radius 1 is 1.36 bits per heavy atom. The van der Waals surface area contributed by atoms with Crippen LogP contribution in [0.3, 0.4) is 0 Å². The van der Waals surface area contributed by atoms with Gasteiger partial charge in [-0.15, -0.1) is 12.4 Å². The van der Waals surface area contributed by atoms with E-state index in [1.807, 2.05) is 20.8 Å². The Morgan fingerprint density at radius 2 is 2.00 bits per heavy atom. The molecule has 2 rings (SSSR count). The van der Waals surface area contributed by atoms with Crippen molar-refractivity contribution in [1.82, 2.24) is 10.2 Å². The van der Waals surface area contributed by atoms with Crippen LogP contribution in [-0.2, 0) is 14.8 Å². The number of ether oxygens (including phenoxy) is 1. The number of carbonyl (C=O) groups excluding carboxylic acids is 1. The van der Waals surface area contributed by atoms with Crippen molar-refractivity contribution in [3.8, 4) is 5.75 Å². The molecule has 7 nitrogen and oxygen atoms in total. The highest BCUT2D eigenvalue weighted by Crippen LogP contribution is 2.18. The minimum Gasteiger partial charge on any atom is -0.491 e. The molecule has 0 saturated carbocycles. The quantitative estimate of drug-likeness (QED) is 0.766. The van der Waals surface area contributed by atoms with E-state index in [0.717, 1.165) is 0 Å². The fraction of sp³-hybridized carbons (Fsp3) is 0.562. The van der Waals surface area contributed by atoms with Gasteiger partial charge < -0.3 is 15.0 Å². The highest BCUT2D eigenvalue weighted by molar-refractivity contribution is 7.93. The molecule has 1 aliphatic rings. The maximum atomic E-state index is 12.2. The lowest BCUT2D eigenvalue weighted by atomic mass is 10.2. The number of hydrogen-bond acceptors (Lipinski definition) is 5. The first-order valence-electron chi connectivity index (χ1n) is 8.04. The number of sulfonamides is 1. The maximum Gasteiger partial charge on any atom is 0.241 e. The van der Waals surface area contributed by atoms with Crippen LogP contribution < -0.4 is 14.8 Å². The molecular formula is C16H26ClN3O4S. The lowest BCUT2D eigenvalue weighted by molar-refractivity contribution is -0.131. The molecule has 1 amide bonds. The van der Waals surface area contributed by atoms with Gasteiger partial charge in [0.1, 0.15) is 11.5 Å². The average molecular weight is 392 g/mol. The highest BCUT2D eigenvalue weighted by atomic mass is 35.5. The van der Waals surface area contributed by atoms with E-state index in [1.165, 1.54) is 0 Å². The first-order chi connectivity index (χ1) is 11.3. The van der Waals surface area contributed by atoms with E-state index in [9.17, 15) is 13.2 Å². The van der Waals surface area contributed by atoms with Crippen molar-refractivity contribution < 1.29 is 17.9 Å². The van der Waals surface area contributed by atoms with Gasteiger partial charge in [0.15, 0.2) is 0 Å². The van der Waals surface area contributed by atoms with Gasteiger partial charge in [-0.2, -0.15) is 0 Å². The third-order valence-electron chi connectivity index (χ3n) is 3.63. The molecule has 1 fully saturated rings. The van der Waals surface area contributed by atoms with Crippen molar-refractivity contribution in [3.63, 3.8) is 0 Å². The normalized spacial score (nSPS) is 17.8. The summed E-state index contributed by atoms with van der Waals surface area (Å²) < 4.78 is 32.4. The van der Waals surface area contributed by atoms with Crippen molar-refractivity contribution in [2.75, 3.05) is 30.1 Å². The van der Waals surface area contributed by atoms with Gasteiger partial charge in [0.05, 0.1) is 6.10 Å². The number of hydrogen-bond donors (Lipinski definition) is 2. The molecule has 1 aromatic rings. The topological polar surface area (TPSA) is 87.7 Å². The van der Waals surface area contributed by atoms with Crippen LogP contribution in [0, 0.1) is 0 Å². The lowest BCUT2D eigenvalue weighted by Gasteiger charge is -2.33. The summed E-state index contributed by atoms with van der Waals surface area (Å²) >= 11 is 0. The number of benzene rings is 1. The number of nitrogens with zero attached hydrogens (tertiary/aromatic N) is 1. The van der Waals surface area contributed by atoms with Crippen molar-refractivity contribution in [1.29, 1.82) is 0 Å². The van der Waals surface area contributed by atoms with Gasteiger partial charge in [-0.1, -0.05) is 0 Å². The van der Waals surface area contributed by atoms with Crippen molar-refractivity contribution in [2.45, 2.75) is 32.9 Å². The zero-order chi connectivity index (χ0) is 17.7. The summed E-state index contributed by atoms with van der Waals surface area (Å²) in [7, 11) is -3.74. The fourth-order valence-electron chi connectivity index (χ4n) is 2.55. The second-order valence-corrected chi connectivity index (χ2v) is 7.91. The number of halogens is 1. The number of nitrogens with one attached hydrogen (secondary N) is 2. The van der Waals surface area contributed by atoms with Crippen LogP contribution in [0.1, 0.15) is 20.8 Å². The number of piperazine rings is 1. The Labute approximate surface area is 155 Å². The predicted molar refractivity (Wildman–Crippen MR) is 101 cm³/mol. The van der Waals surface area contributed by atoms with Crippen LogP contribution >= 0.6 is 12.4 Å². The van der Waals surface area contributed by atoms with Gasteiger partial charge in [-0.3, -0.25) is 9.52 Å². The smallest absolute Gasteiger partial charge is 0.241 e. The van der Waals surface area contributed by atoms with Crippen molar-refractivity contribution in [3.05, 3.63) is 24.3 Å². The maximum absolute atomic E-state index is 12.2. The molecule has 25 heavy (non-hydrogen) atoms. The summed E-state index contributed by atoms with van der Waals surface area (Å²) in [6.07, 6.45) is 0.0474. The average Bonchev–Trinajstić information content (AvgIpc) is 2.48. The van der Waals surface area contributed by atoms with Crippen molar-refractivity contribution in [2.24, 2.45) is 0 Å². The summed E-state index contributed by atoms with van der Waals surface area (Å²) in [6.45, 7) is 7.62. The molecule has 0 radical (unpaired) electrons. The molecule has 142 valence electrons. The molecule has 0 unspecified atom stereocenters. The predicted octanol–water partition coefficient (Wildman–Crippen LogP) is 1.46. The minimum atomic E-state index is -3.74. The molecule has 0 aromatic heterocycles. The Kier molecular flexibility index (Phi) is 7.98. The van der Waals surface area contributed by atoms with E-state index in [1.54, 1.807) is 29.2 Å². The van der Waals surface area contributed by atoms with Gasteiger partial charge in [-0.25, -0.2) is 8.42 Å². The van der Waals surface area contributed by atoms with Gasteiger partial charge in [-0.05, 0) is 45.0 Å². The third kappa shape index (κ3) is 6.72. The Balaban J connectivity index is 0.00000312. The first-order valence-corrected chi connectivity index (χ1v) is 9.69. The molecule has 1 aromatic carbocycles. The Morgan fingerprint density at radius 3 is 2.56 bits per heavy atom. The molecule has 0 bridgehead atoms.